The third kappa shape index (κ3) is 5.61. The summed E-state index contributed by atoms with van der Waals surface area (Å²) in [6.45, 7) is 10.3. The molecule has 1 aliphatic heterocycles. The first-order chi connectivity index (χ1) is 22.7. The molecule has 6 rings (SSSR count). The fraction of sp³-hybridized carbons (Fsp3) is 0.237. The molecule has 47 heavy (non-hydrogen) atoms. The van der Waals surface area contributed by atoms with Crippen LogP contribution in [-0.2, 0) is 9.53 Å². The first kappa shape index (κ1) is 31.8. The normalized spacial score (nSPS) is 14.5. The van der Waals surface area contributed by atoms with Crippen molar-refractivity contribution >= 4 is 29.1 Å². The van der Waals surface area contributed by atoms with E-state index in [0.717, 1.165) is 28.2 Å². The van der Waals surface area contributed by atoms with Crippen molar-refractivity contribution in [3.05, 3.63) is 137 Å². The zero-order chi connectivity index (χ0) is 33.4. The Kier molecular flexibility index (Phi) is 8.75. The van der Waals surface area contributed by atoms with E-state index in [1.165, 1.54) is 22.5 Å². The van der Waals surface area contributed by atoms with Crippen molar-refractivity contribution in [3.63, 3.8) is 0 Å². The lowest BCUT2D eigenvalue weighted by Gasteiger charge is -2.26. The number of carbonyl (C=O) groups excluding carboxylic acids is 1. The Bertz CT molecular complexity index is 2200. The monoisotopic (exact) mass is 647 g/mol. The van der Waals surface area contributed by atoms with Crippen molar-refractivity contribution in [3.8, 4) is 17.2 Å². The molecule has 5 aromatic rings. The number of hydrogen-bond acceptors (Lipinski definition) is 7. The summed E-state index contributed by atoms with van der Waals surface area (Å²) >= 11 is 1.30. The van der Waals surface area contributed by atoms with Gasteiger partial charge in [-0.2, -0.15) is 0 Å². The minimum atomic E-state index is -0.829. The lowest BCUT2D eigenvalue weighted by Crippen LogP contribution is -2.40. The first-order valence-electron chi connectivity index (χ1n) is 15.4. The molecule has 2 aromatic heterocycles. The van der Waals surface area contributed by atoms with Crippen LogP contribution in [0.25, 0.3) is 17.5 Å². The van der Waals surface area contributed by atoms with Crippen molar-refractivity contribution in [1.82, 2.24) is 9.13 Å². The maximum Gasteiger partial charge on any atom is 0.338 e. The number of benzene rings is 3. The molecule has 1 aliphatic rings. The SMILES string of the molecule is CCOC(=O)C1=C(c2ccccc2)N=c2s/c(=C/c3cc(C)n(-c4c(C)cccc4C)c3C)c(=O)n2[C@H]1c1ccc(OC)c(OC)c1. The van der Waals surface area contributed by atoms with Crippen LogP contribution < -0.4 is 24.4 Å². The van der Waals surface area contributed by atoms with Gasteiger partial charge in [0.1, 0.15) is 0 Å². The van der Waals surface area contributed by atoms with Crippen molar-refractivity contribution in [2.45, 2.75) is 40.7 Å². The number of rotatable bonds is 8. The molecule has 3 aromatic carbocycles. The largest absolute Gasteiger partial charge is 0.493 e. The Labute approximate surface area is 277 Å². The molecule has 240 valence electrons. The standard InChI is InChI=1S/C38H37N3O5S/c1-8-46-37(43)32-33(26-15-10-9-11-16-26)39-38-41(35(32)27-17-18-29(44-6)30(20-27)45-7)36(42)31(47-38)21-28-19-24(4)40(25(28)5)34-22(2)13-12-14-23(34)3/h9-21,35H,8H2,1-7H3/b31-21+/t35-/m0/s1. The Morgan fingerprint density at radius 3 is 2.28 bits per heavy atom. The van der Waals surface area contributed by atoms with Crippen LogP contribution in [0.5, 0.6) is 11.5 Å². The van der Waals surface area contributed by atoms with Crippen LogP contribution in [0.2, 0.25) is 0 Å². The van der Waals surface area contributed by atoms with Gasteiger partial charge >= 0.3 is 5.97 Å². The highest BCUT2D eigenvalue weighted by atomic mass is 32.1. The second kappa shape index (κ2) is 12.9. The molecule has 0 aliphatic carbocycles. The predicted octanol–water partition coefficient (Wildman–Crippen LogP) is 5.98. The lowest BCUT2D eigenvalue weighted by atomic mass is 9.93. The fourth-order valence-corrected chi connectivity index (χ4v) is 7.35. The van der Waals surface area contributed by atoms with Crippen molar-refractivity contribution in [1.29, 1.82) is 0 Å². The van der Waals surface area contributed by atoms with Crippen LogP contribution in [0.15, 0.2) is 88.2 Å². The van der Waals surface area contributed by atoms with E-state index >= 15 is 0 Å². The zero-order valence-corrected chi connectivity index (χ0v) is 28.4. The highest BCUT2D eigenvalue weighted by molar-refractivity contribution is 7.07. The van der Waals surface area contributed by atoms with E-state index in [1.807, 2.05) is 42.5 Å². The molecule has 0 amide bonds. The summed E-state index contributed by atoms with van der Waals surface area (Å²) in [5, 5.41) is 0. The van der Waals surface area contributed by atoms with E-state index in [4.69, 9.17) is 19.2 Å². The van der Waals surface area contributed by atoms with Crippen LogP contribution in [-0.4, -0.2) is 35.9 Å². The maximum absolute atomic E-state index is 14.5. The number of carbonyl (C=O) groups is 1. The number of aromatic nitrogens is 2. The van der Waals surface area contributed by atoms with Crippen LogP contribution in [0.1, 0.15) is 52.2 Å². The van der Waals surface area contributed by atoms with Crippen molar-refractivity contribution in [2.24, 2.45) is 4.99 Å². The molecule has 9 heteroatoms. The van der Waals surface area contributed by atoms with Gasteiger partial charge in [-0.1, -0.05) is 65.9 Å². The number of para-hydroxylation sites is 1. The van der Waals surface area contributed by atoms with Gasteiger partial charge in [-0.3, -0.25) is 9.36 Å². The molecule has 0 N–H and O–H groups in total. The summed E-state index contributed by atoms with van der Waals surface area (Å²) in [5.74, 6) is 0.474. The number of aryl methyl sites for hydroxylation is 3. The number of ether oxygens (including phenoxy) is 3. The number of methoxy groups -OCH3 is 2. The summed E-state index contributed by atoms with van der Waals surface area (Å²) < 4.78 is 21.1. The average molecular weight is 648 g/mol. The Balaban J connectivity index is 1.63. The van der Waals surface area contributed by atoms with Gasteiger partial charge in [0.15, 0.2) is 16.3 Å². The molecular weight excluding hydrogens is 611 g/mol. The predicted molar refractivity (Wildman–Crippen MR) is 185 cm³/mol. The number of esters is 1. The topological polar surface area (TPSA) is 84.1 Å². The molecule has 0 radical (unpaired) electrons. The van der Waals surface area contributed by atoms with Gasteiger partial charge in [0.05, 0.1) is 48.4 Å². The second-order valence-corrected chi connectivity index (χ2v) is 12.5. The number of thiazole rings is 1. The van der Waals surface area contributed by atoms with E-state index < -0.39 is 12.0 Å². The molecule has 0 fully saturated rings. The van der Waals surface area contributed by atoms with Crippen LogP contribution in [0.4, 0.5) is 0 Å². The highest BCUT2D eigenvalue weighted by Crippen LogP contribution is 2.38. The molecule has 0 saturated heterocycles. The van der Waals surface area contributed by atoms with Gasteiger partial charge in [0.2, 0.25) is 0 Å². The zero-order valence-electron chi connectivity index (χ0n) is 27.6. The average Bonchev–Trinajstić information content (AvgIpc) is 3.53. The van der Waals surface area contributed by atoms with Gasteiger partial charge in [-0.15, -0.1) is 0 Å². The van der Waals surface area contributed by atoms with Crippen LogP contribution in [0, 0.1) is 27.7 Å². The third-order valence-electron chi connectivity index (χ3n) is 8.52. The minimum Gasteiger partial charge on any atom is -0.493 e. The van der Waals surface area contributed by atoms with Crippen molar-refractivity contribution in [2.75, 3.05) is 20.8 Å². The van der Waals surface area contributed by atoms with Crippen LogP contribution in [0.3, 0.4) is 0 Å². The molecule has 0 bridgehead atoms. The molecule has 8 nitrogen and oxygen atoms in total. The van der Waals surface area contributed by atoms with E-state index in [0.29, 0.717) is 32.1 Å². The Morgan fingerprint density at radius 2 is 1.62 bits per heavy atom. The summed E-state index contributed by atoms with van der Waals surface area (Å²) in [6.07, 6.45) is 1.93. The first-order valence-corrected chi connectivity index (χ1v) is 16.3. The smallest absolute Gasteiger partial charge is 0.338 e. The Morgan fingerprint density at radius 1 is 0.915 bits per heavy atom. The van der Waals surface area contributed by atoms with Gasteiger partial charge in [0, 0.05) is 17.0 Å². The van der Waals surface area contributed by atoms with Gasteiger partial charge < -0.3 is 18.8 Å². The third-order valence-corrected chi connectivity index (χ3v) is 9.50. The second-order valence-electron chi connectivity index (χ2n) is 11.4. The van der Waals surface area contributed by atoms with Crippen molar-refractivity contribution < 1.29 is 19.0 Å². The van der Waals surface area contributed by atoms with Gasteiger partial charge in [-0.25, -0.2) is 9.79 Å². The van der Waals surface area contributed by atoms with Gasteiger partial charge in [0.25, 0.3) is 5.56 Å². The Hall–Kier alpha value is -5.15. The van der Waals surface area contributed by atoms with E-state index in [-0.39, 0.29) is 17.7 Å². The molecule has 1 atom stereocenters. The lowest BCUT2D eigenvalue weighted by molar-refractivity contribution is -0.138. The number of nitrogens with zero attached hydrogens (tertiary/aromatic N) is 3. The summed E-state index contributed by atoms with van der Waals surface area (Å²) in [6, 6.07) is 22.5. The number of hydrogen-bond donors (Lipinski definition) is 0. The van der Waals surface area contributed by atoms with Gasteiger partial charge in [-0.05, 0) is 81.1 Å². The van der Waals surface area contributed by atoms with Crippen LogP contribution >= 0.6 is 11.3 Å². The van der Waals surface area contributed by atoms with E-state index in [9.17, 15) is 9.59 Å². The molecular formula is C38H37N3O5S. The molecule has 0 unspecified atom stereocenters. The summed E-state index contributed by atoms with van der Waals surface area (Å²) in [4.78, 5) is 33.7. The molecule has 3 heterocycles. The maximum atomic E-state index is 14.5. The molecule has 0 saturated carbocycles. The number of fused-ring (bicyclic) bond motifs is 1. The summed E-state index contributed by atoms with van der Waals surface area (Å²) in [7, 11) is 3.12. The minimum absolute atomic E-state index is 0.170. The molecule has 0 spiro atoms. The van der Waals surface area contributed by atoms with E-state index in [1.54, 1.807) is 37.8 Å². The fourth-order valence-electron chi connectivity index (χ4n) is 6.36. The van der Waals surface area contributed by atoms with E-state index in [2.05, 4.69) is 56.5 Å². The quantitative estimate of drug-likeness (QED) is 0.194. The summed E-state index contributed by atoms with van der Waals surface area (Å²) in [5.41, 5.74) is 8.42. The highest BCUT2D eigenvalue weighted by Gasteiger charge is 2.35.